The van der Waals surface area contributed by atoms with Crippen molar-refractivity contribution in [2.24, 2.45) is 0 Å². The SMILES string of the molecule is O=C(Nc1nncs1)[C@@H]1COCC(=O)N1Cc1ccccc1. The van der Waals surface area contributed by atoms with Crippen molar-refractivity contribution in [3.05, 3.63) is 41.4 Å². The molecule has 0 unspecified atom stereocenters. The Morgan fingerprint density at radius 2 is 2.23 bits per heavy atom. The summed E-state index contributed by atoms with van der Waals surface area (Å²) in [5, 5.41) is 10.5. The molecule has 0 radical (unpaired) electrons. The van der Waals surface area contributed by atoms with E-state index >= 15 is 0 Å². The Bertz CT molecular complexity index is 647. The molecule has 1 aromatic heterocycles. The van der Waals surface area contributed by atoms with E-state index < -0.39 is 6.04 Å². The van der Waals surface area contributed by atoms with Crippen LogP contribution in [0.2, 0.25) is 0 Å². The monoisotopic (exact) mass is 318 g/mol. The fraction of sp³-hybridized carbons (Fsp3) is 0.286. The molecular formula is C14H14N4O3S. The van der Waals surface area contributed by atoms with Gasteiger partial charge in [0.15, 0.2) is 0 Å². The summed E-state index contributed by atoms with van der Waals surface area (Å²) in [4.78, 5) is 26.0. The van der Waals surface area contributed by atoms with E-state index in [9.17, 15) is 9.59 Å². The summed E-state index contributed by atoms with van der Waals surface area (Å²) in [6.45, 7) is 0.538. The predicted octanol–water partition coefficient (Wildman–Crippen LogP) is 0.904. The van der Waals surface area contributed by atoms with Crippen molar-refractivity contribution in [1.29, 1.82) is 0 Å². The van der Waals surface area contributed by atoms with Crippen LogP contribution >= 0.6 is 11.3 Å². The van der Waals surface area contributed by atoms with Gasteiger partial charge in [-0.15, -0.1) is 10.2 Å². The molecule has 2 aromatic rings. The zero-order chi connectivity index (χ0) is 15.4. The van der Waals surface area contributed by atoms with Gasteiger partial charge >= 0.3 is 0 Å². The number of morpholine rings is 1. The van der Waals surface area contributed by atoms with Gasteiger partial charge in [0.1, 0.15) is 18.2 Å². The highest BCUT2D eigenvalue weighted by atomic mass is 32.1. The lowest BCUT2D eigenvalue weighted by Gasteiger charge is -2.34. The topological polar surface area (TPSA) is 84.4 Å². The van der Waals surface area contributed by atoms with E-state index in [0.29, 0.717) is 11.7 Å². The highest BCUT2D eigenvalue weighted by molar-refractivity contribution is 7.13. The number of hydrogen-bond donors (Lipinski definition) is 1. The van der Waals surface area contributed by atoms with Gasteiger partial charge < -0.3 is 9.64 Å². The first kappa shape index (κ1) is 14.6. The first-order valence-electron chi connectivity index (χ1n) is 6.72. The number of anilines is 1. The van der Waals surface area contributed by atoms with Crippen molar-refractivity contribution >= 4 is 28.3 Å². The average Bonchev–Trinajstić information content (AvgIpc) is 3.03. The molecule has 8 heteroatoms. The molecule has 1 aliphatic heterocycles. The standard InChI is InChI=1S/C14H14N4O3S/c19-12-8-21-7-11(13(20)16-14-17-15-9-22-14)18(12)6-10-4-2-1-3-5-10/h1-5,9,11H,6-8H2,(H,16,17,20)/t11-/m0/s1. The fourth-order valence-corrected chi connectivity index (χ4v) is 2.66. The number of carbonyl (C=O) groups excluding carboxylic acids is 2. The van der Waals surface area contributed by atoms with Crippen LogP contribution in [0.1, 0.15) is 5.56 Å². The van der Waals surface area contributed by atoms with Crippen LogP contribution < -0.4 is 5.32 Å². The minimum absolute atomic E-state index is 0.00454. The fourth-order valence-electron chi connectivity index (χ4n) is 2.22. The normalized spacial score (nSPS) is 18.3. The maximum Gasteiger partial charge on any atom is 0.251 e. The van der Waals surface area contributed by atoms with Crippen molar-refractivity contribution in [3.8, 4) is 0 Å². The molecule has 0 bridgehead atoms. The summed E-state index contributed by atoms with van der Waals surface area (Å²) in [6, 6.07) is 8.87. The Hall–Kier alpha value is -2.32. The molecule has 114 valence electrons. The summed E-state index contributed by atoms with van der Waals surface area (Å²) < 4.78 is 5.22. The van der Waals surface area contributed by atoms with Gasteiger partial charge in [-0.2, -0.15) is 0 Å². The minimum Gasteiger partial charge on any atom is -0.369 e. The molecule has 0 spiro atoms. The van der Waals surface area contributed by atoms with Gasteiger partial charge in [-0.25, -0.2) is 0 Å². The van der Waals surface area contributed by atoms with Crippen LogP contribution in [0.5, 0.6) is 0 Å². The third kappa shape index (κ3) is 3.29. The summed E-state index contributed by atoms with van der Waals surface area (Å²) in [5.41, 5.74) is 2.49. The van der Waals surface area contributed by atoms with Gasteiger partial charge in [-0.1, -0.05) is 41.7 Å². The van der Waals surface area contributed by atoms with Gasteiger partial charge in [0.2, 0.25) is 11.0 Å². The van der Waals surface area contributed by atoms with Crippen molar-refractivity contribution in [3.63, 3.8) is 0 Å². The van der Waals surface area contributed by atoms with Crippen molar-refractivity contribution < 1.29 is 14.3 Å². The van der Waals surface area contributed by atoms with Gasteiger partial charge in [-0.3, -0.25) is 14.9 Å². The lowest BCUT2D eigenvalue weighted by Crippen LogP contribution is -2.54. The number of aromatic nitrogens is 2. The van der Waals surface area contributed by atoms with E-state index in [2.05, 4.69) is 15.5 Å². The summed E-state index contributed by atoms with van der Waals surface area (Å²) >= 11 is 1.22. The summed E-state index contributed by atoms with van der Waals surface area (Å²) in [5.74, 6) is -0.520. The second kappa shape index (κ2) is 6.63. The van der Waals surface area contributed by atoms with Crippen LogP contribution in [-0.2, 0) is 20.9 Å². The number of carbonyl (C=O) groups is 2. The van der Waals surface area contributed by atoms with Gasteiger partial charge in [0, 0.05) is 6.54 Å². The Balaban J connectivity index is 1.74. The van der Waals surface area contributed by atoms with Crippen molar-refractivity contribution in [1.82, 2.24) is 15.1 Å². The largest absolute Gasteiger partial charge is 0.369 e. The molecule has 7 nitrogen and oxygen atoms in total. The summed E-state index contributed by atoms with van der Waals surface area (Å²) in [6.07, 6.45) is 0. The van der Waals surface area contributed by atoms with Crippen molar-refractivity contribution in [2.75, 3.05) is 18.5 Å². The van der Waals surface area contributed by atoms with Gasteiger partial charge in [-0.05, 0) is 5.56 Å². The Morgan fingerprint density at radius 1 is 1.41 bits per heavy atom. The molecule has 3 rings (SSSR count). The lowest BCUT2D eigenvalue weighted by molar-refractivity contribution is -0.154. The number of nitrogens with one attached hydrogen (secondary N) is 1. The number of hydrogen-bond acceptors (Lipinski definition) is 6. The second-order valence-corrected chi connectivity index (χ2v) is 5.60. The van der Waals surface area contributed by atoms with Gasteiger partial charge in [0.05, 0.1) is 6.61 Å². The van der Waals surface area contributed by atoms with E-state index in [1.54, 1.807) is 0 Å². The number of ether oxygens (including phenoxy) is 1. The molecule has 1 atom stereocenters. The zero-order valence-corrected chi connectivity index (χ0v) is 12.5. The molecule has 0 aliphatic carbocycles. The van der Waals surface area contributed by atoms with Crippen LogP contribution in [-0.4, -0.2) is 46.2 Å². The van der Waals surface area contributed by atoms with E-state index in [-0.39, 0.29) is 25.0 Å². The first-order valence-corrected chi connectivity index (χ1v) is 7.60. The third-order valence-electron chi connectivity index (χ3n) is 3.29. The smallest absolute Gasteiger partial charge is 0.251 e. The van der Waals surface area contributed by atoms with E-state index in [1.165, 1.54) is 21.7 Å². The molecule has 0 saturated carbocycles. The predicted molar refractivity (Wildman–Crippen MR) is 80.1 cm³/mol. The number of rotatable bonds is 4. The quantitative estimate of drug-likeness (QED) is 0.905. The van der Waals surface area contributed by atoms with Crippen LogP contribution in [0.25, 0.3) is 0 Å². The Morgan fingerprint density at radius 3 is 2.95 bits per heavy atom. The molecule has 22 heavy (non-hydrogen) atoms. The molecular weight excluding hydrogens is 304 g/mol. The van der Waals surface area contributed by atoms with Gasteiger partial charge in [0.25, 0.3) is 5.91 Å². The molecule has 1 aliphatic rings. The van der Waals surface area contributed by atoms with Crippen LogP contribution in [0, 0.1) is 0 Å². The average molecular weight is 318 g/mol. The zero-order valence-electron chi connectivity index (χ0n) is 11.6. The van der Waals surface area contributed by atoms with Crippen LogP contribution in [0.15, 0.2) is 35.8 Å². The highest BCUT2D eigenvalue weighted by Gasteiger charge is 2.34. The first-order chi connectivity index (χ1) is 10.7. The third-order valence-corrected chi connectivity index (χ3v) is 3.89. The van der Waals surface area contributed by atoms with Crippen LogP contribution in [0.4, 0.5) is 5.13 Å². The Kier molecular flexibility index (Phi) is 4.40. The second-order valence-electron chi connectivity index (χ2n) is 4.77. The molecule has 1 saturated heterocycles. The number of nitrogens with zero attached hydrogens (tertiary/aromatic N) is 3. The number of amides is 2. The van der Waals surface area contributed by atoms with E-state index in [0.717, 1.165) is 5.56 Å². The summed E-state index contributed by atoms with van der Waals surface area (Å²) in [7, 11) is 0. The highest BCUT2D eigenvalue weighted by Crippen LogP contribution is 2.16. The number of benzene rings is 1. The maximum atomic E-state index is 12.4. The van der Waals surface area contributed by atoms with E-state index in [1.807, 2.05) is 30.3 Å². The molecule has 2 heterocycles. The maximum absolute atomic E-state index is 12.4. The minimum atomic E-state index is -0.676. The van der Waals surface area contributed by atoms with Crippen molar-refractivity contribution in [2.45, 2.75) is 12.6 Å². The molecule has 1 fully saturated rings. The molecule has 1 N–H and O–H groups in total. The molecule has 1 aromatic carbocycles. The molecule has 2 amide bonds. The van der Waals surface area contributed by atoms with Crippen LogP contribution in [0.3, 0.4) is 0 Å². The lowest BCUT2D eigenvalue weighted by atomic mass is 10.1. The Labute approximate surface area is 130 Å². The van der Waals surface area contributed by atoms with E-state index in [4.69, 9.17) is 4.74 Å².